The summed E-state index contributed by atoms with van der Waals surface area (Å²) < 4.78 is 11.0. The summed E-state index contributed by atoms with van der Waals surface area (Å²) in [5, 5.41) is 4.05. The molecule has 1 N–H and O–H groups in total. The van der Waals surface area contributed by atoms with Gasteiger partial charge in [-0.1, -0.05) is 48.0 Å². The number of esters is 1. The van der Waals surface area contributed by atoms with Crippen LogP contribution in [-0.4, -0.2) is 12.6 Å². The van der Waals surface area contributed by atoms with E-state index < -0.39 is 0 Å². The SMILES string of the molecule is CCOC(=O)c1ccc(NCc2ccccc2OCc2ccccc2Cl)cc1. The third-order valence-electron chi connectivity index (χ3n) is 4.19. The Morgan fingerprint density at radius 3 is 2.32 bits per heavy atom. The lowest BCUT2D eigenvalue weighted by molar-refractivity contribution is 0.0526. The summed E-state index contributed by atoms with van der Waals surface area (Å²) in [4.78, 5) is 11.7. The Kier molecular flexibility index (Phi) is 6.93. The van der Waals surface area contributed by atoms with Crippen LogP contribution in [0.15, 0.2) is 72.8 Å². The van der Waals surface area contributed by atoms with E-state index in [9.17, 15) is 4.79 Å². The minimum Gasteiger partial charge on any atom is -0.488 e. The zero-order valence-corrected chi connectivity index (χ0v) is 16.4. The molecular weight excluding hydrogens is 374 g/mol. The summed E-state index contributed by atoms with van der Waals surface area (Å²) in [6, 6.07) is 22.7. The van der Waals surface area contributed by atoms with Gasteiger partial charge in [0.15, 0.2) is 0 Å². The van der Waals surface area contributed by atoms with Crippen LogP contribution in [0, 0.1) is 0 Å². The molecule has 0 heterocycles. The van der Waals surface area contributed by atoms with E-state index in [4.69, 9.17) is 21.1 Å². The van der Waals surface area contributed by atoms with Crippen LogP contribution in [0.25, 0.3) is 0 Å². The number of benzene rings is 3. The number of carbonyl (C=O) groups is 1. The number of anilines is 1. The zero-order valence-electron chi connectivity index (χ0n) is 15.7. The fourth-order valence-corrected chi connectivity index (χ4v) is 2.89. The molecule has 0 amide bonds. The zero-order chi connectivity index (χ0) is 19.8. The van der Waals surface area contributed by atoms with E-state index in [0.717, 1.165) is 22.6 Å². The maximum absolute atomic E-state index is 11.7. The highest BCUT2D eigenvalue weighted by Gasteiger charge is 2.07. The second-order valence-corrected chi connectivity index (χ2v) is 6.55. The number of hydrogen-bond donors (Lipinski definition) is 1. The van der Waals surface area contributed by atoms with Gasteiger partial charge in [0.1, 0.15) is 12.4 Å². The molecular formula is C23H22ClNO3. The van der Waals surface area contributed by atoms with Crippen molar-refractivity contribution < 1.29 is 14.3 Å². The summed E-state index contributed by atoms with van der Waals surface area (Å²) >= 11 is 6.20. The molecule has 0 aliphatic carbocycles. The molecule has 0 atom stereocenters. The van der Waals surface area contributed by atoms with Gasteiger partial charge in [0.2, 0.25) is 0 Å². The van der Waals surface area contributed by atoms with Gasteiger partial charge < -0.3 is 14.8 Å². The van der Waals surface area contributed by atoms with E-state index in [0.29, 0.717) is 30.3 Å². The van der Waals surface area contributed by atoms with Crippen LogP contribution in [0.5, 0.6) is 5.75 Å². The third kappa shape index (κ3) is 5.27. The summed E-state index contributed by atoms with van der Waals surface area (Å²) in [5.74, 6) is 0.491. The van der Waals surface area contributed by atoms with Crippen LogP contribution in [0.4, 0.5) is 5.69 Å². The van der Waals surface area contributed by atoms with Crippen molar-refractivity contribution in [2.45, 2.75) is 20.1 Å². The first-order valence-electron chi connectivity index (χ1n) is 9.12. The van der Waals surface area contributed by atoms with Gasteiger partial charge in [-0.15, -0.1) is 0 Å². The Balaban J connectivity index is 1.62. The number of nitrogens with one attached hydrogen (secondary N) is 1. The molecule has 5 heteroatoms. The fraction of sp³-hybridized carbons (Fsp3) is 0.174. The average molecular weight is 396 g/mol. The minimum absolute atomic E-state index is 0.313. The molecule has 0 aliphatic heterocycles. The smallest absolute Gasteiger partial charge is 0.338 e. The van der Waals surface area contributed by atoms with Gasteiger partial charge in [-0.25, -0.2) is 4.79 Å². The first kappa shape index (κ1) is 19.8. The van der Waals surface area contributed by atoms with E-state index >= 15 is 0 Å². The molecule has 0 saturated heterocycles. The monoisotopic (exact) mass is 395 g/mol. The van der Waals surface area contributed by atoms with E-state index in [1.807, 2.05) is 60.7 Å². The largest absolute Gasteiger partial charge is 0.488 e. The number of carbonyl (C=O) groups excluding carboxylic acids is 1. The van der Waals surface area contributed by atoms with Gasteiger partial charge in [-0.2, -0.15) is 0 Å². The van der Waals surface area contributed by atoms with Crippen molar-refractivity contribution in [1.82, 2.24) is 0 Å². The highest BCUT2D eigenvalue weighted by Crippen LogP contribution is 2.23. The minimum atomic E-state index is -0.313. The normalized spacial score (nSPS) is 10.4. The molecule has 4 nitrogen and oxygen atoms in total. The van der Waals surface area contributed by atoms with Gasteiger partial charge in [0.25, 0.3) is 0 Å². The molecule has 3 aromatic rings. The predicted molar refractivity (Wildman–Crippen MR) is 112 cm³/mol. The molecule has 0 bridgehead atoms. The fourth-order valence-electron chi connectivity index (χ4n) is 2.70. The molecule has 3 rings (SSSR count). The van der Waals surface area contributed by atoms with Gasteiger partial charge in [-0.05, 0) is 43.3 Å². The van der Waals surface area contributed by atoms with E-state index in [1.54, 1.807) is 19.1 Å². The topological polar surface area (TPSA) is 47.6 Å². The lowest BCUT2D eigenvalue weighted by Crippen LogP contribution is -2.06. The van der Waals surface area contributed by atoms with Crippen LogP contribution in [0.2, 0.25) is 5.02 Å². The van der Waals surface area contributed by atoms with Gasteiger partial charge >= 0.3 is 5.97 Å². The number of rotatable bonds is 8. The molecule has 0 unspecified atom stereocenters. The molecule has 0 saturated carbocycles. The van der Waals surface area contributed by atoms with Crippen molar-refractivity contribution in [3.05, 3.63) is 94.5 Å². The van der Waals surface area contributed by atoms with Crippen molar-refractivity contribution in [2.24, 2.45) is 0 Å². The molecule has 0 aromatic heterocycles. The van der Waals surface area contributed by atoms with Gasteiger partial charge in [0.05, 0.1) is 12.2 Å². The molecule has 3 aromatic carbocycles. The molecule has 0 spiro atoms. The maximum Gasteiger partial charge on any atom is 0.338 e. The first-order valence-corrected chi connectivity index (χ1v) is 9.50. The second-order valence-electron chi connectivity index (χ2n) is 6.14. The standard InChI is InChI=1S/C23H22ClNO3/c1-2-27-23(26)17-11-13-20(14-12-17)25-15-18-7-4-6-10-22(18)28-16-19-8-3-5-9-21(19)24/h3-14,25H,2,15-16H2,1H3. The lowest BCUT2D eigenvalue weighted by Gasteiger charge is -2.13. The van der Waals surface area contributed by atoms with Crippen LogP contribution in [-0.2, 0) is 17.9 Å². The number of halogens is 1. The summed E-state index contributed by atoms with van der Waals surface area (Å²) in [5.41, 5.74) is 3.43. The molecule has 144 valence electrons. The van der Waals surface area contributed by atoms with Crippen molar-refractivity contribution in [3.63, 3.8) is 0 Å². The van der Waals surface area contributed by atoms with Crippen molar-refractivity contribution in [1.29, 1.82) is 0 Å². The number of hydrogen-bond acceptors (Lipinski definition) is 4. The Hall–Kier alpha value is -2.98. The molecule has 0 aliphatic rings. The van der Waals surface area contributed by atoms with Crippen LogP contribution in [0.1, 0.15) is 28.4 Å². The Morgan fingerprint density at radius 2 is 1.61 bits per heavy atom. The first-order chi connectivity index (χ1) is 13.7. The van der Waals surface area contributed by atoms with E-state index in [-0.39, 0.29) is 5.97 Å². The Bertz CT molecular complexity index is 925. The summed E-state index contributed by atoms with van der Waals surface area (Å²) in [7, 11) is 0. The second kappa shape index (κ2) is 9.81. The van der Waals surface area contributed by atoms with Gasteiger partial charge in [0, 0.05) is 28.4 Å². The van der Waals surface area contributed by atoms with Crippen LogP contribution < -0.4 is 10.1 Å². The van der Waals surface area contributed by atoms with E-state index in [2.05, 4.69) is 5.32 Å². The Morgan fingerprint density at radius 1 is 0.929 bits per heavy atom. The molecule has 28 heavy (non-hydrogen) atoms. The van der Waals surface area contributed by atoms with E-state index in [1.165, 1.54) is 0 Å². The molecule has 0 radical (unpaired) electrons. The van der Waals surface area contributed by atoms with Gasteiger partial charge in [-0.3, -0.25) is 0 Å². The third-order valence-corrected chi connectivity index (χ3v) is 4.56. The number of para-hydroxylation sites is 1. The maximum atomic E-state index is 11.7. The van der Waals surface area contributed by atoms with Crippen LogP contribution >= 0.6 is 11.6 Å². The van der Waals surface area contributed by atoms with Crippen molar-refractivity contribution >= 4 is 23.3 Å². The van der Waals surface area contributed by atoms with Crippen LogP contribution in [0.3, 0.4) is 0 Å². The Labute approximate surface area is 170 Å². The lowest BCUT2D eigenvalue weighted by atomic mass is 10.1. The molecule has 0 fully saturated rings. The van der Waals surface area contributed by atoms with Crippen molar-refractivity contribution in [3.8, 4) is 5.75 Å². The summed E-state index contributed by atoms with van der Waals surface area (Å²) in [6.07, 6.45) is 0. The highest BCUT2D eigenvalue weighted by molar-refractivity contribution is 6.31. The highest BCUT2D eigenvalue weighted by atomic mass is 35.5. The summed E-state index contributed by atoms with van der Waals surface area (Å²) in [6.45, 7) is 3.16. The average Bonchev–Trinajstić information content (AvgIpc) is 2.73. The van der Waals surface area contributed by atoms with Crippen molar-refractivity contribution in [2.75, 3.05) is 11.9 Å². The quantitative estimate of drug-likeness (QED) is 0.496. The number of ether oxygens (including phenoxy) is 2. The predicted octanol–water partition coefficient (Wildman–Crippen LogP) is 5.71.